The number of pyridine rings is 1. The molecule has 20 heavy (non-hydrogen) atoms. The Morgan fingerprint density at radius 1 is 1.10 bits per heavy atom. The van der Waals surface area contributed by atoms with Crippen LogP contribution in [0.2, 0.25) is 0 Å². The van der Waals surface area contributed by atoms with E-state index in [1.807, 2.05) is 0 Å². The Morgan fingerprint density at radius 3 is 2.25 bits per heavy atom. The first-order chi connectivity index (χ1) is 9.41. The van der Waals surface area contributed by atoms with Crippen LogP contribution < -0.4 is 10.7 Å². The van der Waals surface area contributed by atoms with Gasteiger partial charge in [-0.1, -0.05) is 0 Å². The van der Waals surface area contributed by atoms with E-state index in [9.17, 15) is 27.2 Å². The van der Waals surface area contributed by atoms with Crippen LogP contribution in [0.4, 0.5) is 23.2 Å². The standard InChI is InChI=1S/C12H6F4N2O2/c13-6-3-7(14)10(16)11(9(6)15)18-12(20)5-4-17-2-1-8(5)19/h1-4H,(H,17,19)(H,18,20). The molecule has 2 N–H and O–H groups in total. The molecular weight excluding hydrogens is 280 g/mol. The minimum absolute atomic E-state index is 0.00957. The smallest absolute Gasteiger partial charge is 0.261 e. The molecule has 0 fully saturated rings. The van der Waals surface area contributed by atoms with E-state index in [-0.39, 0.29) is 6.07 Å². The maximum atomic E-state index is 13.3. The van der Waals surface area contributed by atoms with Gasteiger partial charge in [0.05, 0.1) is 0 Å². The van der Waals surface area contributed by atoms with Gasteiger partial charge in [0.2, 0.25) is 0 Å². The molecule has 1 aromatic carbocycles. The summed E-state index contributed by atoms with van der Waals surface area (Å²) >= 11 is 0. The summed E-state index contributed by atoms with van der Waals surface area (Å²) in [5, 5.41) is 1.63. The third-order valence-corrected chi connectivity index (χ3v) is 2.42. The van der Waals surface area contributed by atoms with Gasteiger partial charge in [-0.05, 0) is 0 Å². The van der Waals surface area contributed by atoms with Crippen molar-refractivity contribution in [1.82, 2.24) is 4.98 Å². The van der Waals surface area contributed by atoms with Gasteiger partial charge in [-0.3, -0.25) is 9.59 Å². The van der Waals surface area contributed by atoms with E-state index >= 15 is 0 Å². The largest absolute Gasteiger partial charge is 0.367 e. The quantitative estimate of drug-likeness (QED) is 0.656. The summed E-state index contributed by atoms with van der Waals surface area (Å²) in [4.78, 5) is 25.4. The summed E-state index contributed by atoms with van der Waals surface area (Å²) in [5.74, 6) is -8.05. The summed E-state index contributed by atoms with van der Waals surface area (Å²) in [6.45, 7) is 0. The van der Waals surface area contributed by atoms with Gasteiger partial charge in [-0.2, -0.15) is 0 Å². The lowest BCUT2D eigenvalue weighted by atomic mass is 10.2. The van der Waals surface area contributed by atoms with Gasteiger partial charge in [0.25, 0.3) is 5.91 Å². The van der Waals surface area contributed by atoms with E-state index in [2.05, 4.69) is 4.98 Å². The van der Waals surface area contributed by atoms with Crippen molar-refractivity contribution in [3.63, 3.8) is 0 Å². The molecule has 2 aromatic rings. The highest BCUT2D eigenvalue weighted by molar-refractivity contribution is 6.04. The van der Waals surface area contributed by atoms with Crippen LogP contribution in [0.15, 0.2) is 29.3 Å². The molecule has 0 radical (unpaired) electrons. The minimum Gasteiger partial charge on any atom is -0.367 e. The molecule has 1 aromatic heterocycles. The molecule has 0 unspecified atom stereocenters. The second kappa shape index (κ2) is 5.16. The Balaban J connectivity index is 2.43. The molecule has 0 saturated carbocycles. The van der Waals surface area contributed by atoms with Crippen LogP contribution >= 0.6 is 0 Å². The number of carbonyl (C=O) groups excluding carboxylic acids is 1. The van der Waals surface area contributed by atoms with Crippen molar-refractivity contribution in [2.24, 2.45) is 0 Å². The number of amides is 1. The molecule has 1 heterocycles. The number of H-pyrrole nitrogens is 1. The van der Waals surface area contributed by atoms with Crippen LogP contribution in [-0.4, -0.2) is 10.9 Å². The third kappa shape index (κ3) is 2.40. The van der Waals surface area contributed by atoms with Crippen molar-refractivity contribution >= 4 is 11.6 Å². The van der Waals surface area contributed by atoms with Crippen molar-refractivity contribution in [2.45, 2.75) is 0 Å². The van der Waals surface area contributed by atoms with Gasteiger partial charge in [0, 0.05) is 24.5 Å². The fourth-order valence-electron chi connectivity index (χ4n) is 1.46. The number of nitrogens with one attached hydrogen (secondary N) is 2. The second-order valence-electron chi connectivity index (χ2n) is 3.72. The van der Waals surface area contributed by atoms with Gasteiger partial charge >= 0.3 is 0 Å². The summed E-state index contributed by atoms with van der Waals surface area (Å²) in [6, 6.07) is 1.02. The highest BCUT2D eigenvalue weighted by Crippen LogP contribution is 2.24. The number of hydrogen-bond donors (Lipinski definition) is 2. The predicted molar refractivity (Wildman–Crippen MR) is 61.3 cm³/mol. The summed E-state index contributed by atoms with van der Waals surface area (Å²) < 4.78 is 52.6. The van der Waals surface area contributed by atoms with Crippen molar-refractivity contribution in [3.05, 3.63) is 63.6 Å². The number of halogens is 4. The van der Waals surface area contributed by atoms with Crippen LogP contribution in [0.25, 0.3) is 0 Å². The van der Waals surface area contributed by atoms with Crippen molar-refractivity contribution in [3.8, 4) is 0 Å². The van der Waals surface area contributed by atoms with E-state index in [4.69, 9.17) is 0 Å². The number of benzene rings is 1. The lowest BCUT2D eigenvalue weighted by Gasteiger charge is -2.08. The topological polar surface area (TPSA) is 62.0 Å². The molecule has 0 saturated heterocycles. The SMILES string of the molecule is O=C(Nc1c(F)c(F)cc(F)c1F)c1c[nH]ccc1=O. The number of rotatable bonds is 2. The molecule has 0 aliphatic heterocycles. The number of hydrogen-bond acceptors (Lipinski definition) is 2. The Hall–Kier alpha value is -2.64. The molecular formula is C12H6F4N2O2. The lowest BCUT2D eigenvalue weighted by molar-refractivity contribution is 0.102. The first-order valence-electron chi connectivity index (χ1n) is 5.23. The zero-order valence-electron chi connectivity index (χ0n) is 9.64. The number of aromatic nitrogens is 1. The second-order valence-corrected chi connectivity index (χ2v) is 3.72. The van der Waals surface area contributed by atoms with E-state index in [1.54, 1.807) is 5.32 Å². The van der Waals surface area contributed by atoms with E-state index in [0.29, 0.717) is 0 Å². The fourth-order valence-corrected chi connectivity index (χ4v) is 1.46. The fraction of sp³-hybridized carbons (Fsp3) is 0. The highest BCUT2D eigenvalue weighted by Gasteiger charge is 2.22. The van der Waals surface area contributed by atoms with Crippen LogP contribution in [0.1, 0.15) is 10.4 Å². The van der Waals surface area contributed by atoms with Crippen LogP contribution in [0, 0.1) is 23.3 Å². The van der Waals surface area contributed by atoms with E-state index < -0.39 is 45.9 Å². The Morgan fingerprint density at radius 2 is 1.70 bits per heavy atom. The average molecular weight is 286 g/mol. The molecule has 0 aliphatic rings. The number of carbonyl (C=O) groups is 1. The van der Waals surface area contributed by atoms with E-state index in [1.165, 1.54) is 6.20 Å². The third-order valence-electron chi connectivity index (χ3n) is 2.42. The number of aromatic amines is 1. The molecule has 0 spiro atoms. The molecule has 0 aliphatic carbocycles. The first kappa shape index (κ1) is 13.8. The lowest BCUT2D eigenvalue weighted by Crippen LogP contribution is -2.22. The molecule has 2 rings (SSSR count). The maximum Gasteiger partial charge on any atom is 0.261 e. The summed E-state index contributed by atoms with van der Waals surface area (Å²) in [5.41, 5.74) is -2.48. The van der Waals surface area contributed by atoms with Gasteiger partial charge < -0.3 is 10.3 Å². The van der Waals surface area contributed by atoms with Crippen LogP contribution in [-0.2, 0) is 0 Å². The molecule has 104 valence electrons. The number of anilines is 1. The van der Waals surface area contributed by atoms with Crippen LogP contribution in [0.5, 0.6) is 0 Å². The Kier molecular flexibility index (Phi) is 3.55. The molecule has 0 atom stereocenters. The van der Waals surface area contributed by atoms with Gasteiger partial charge in [0.1, 0.15) is 11.3 Å². The zero-order valence-corrected chi connectivity index (χ0v) is 9.64. The molecule has 8 heteroatoms. The monoisotopic (exact) mass is 286 g/mol. The maximum absolute atomic E-state index is 13.3. The van der Waals surface area contributed by atoms with E-state index in [0.717, 1.165) is 12.3 Å². The predicted octanol–water partition coefficient (Wildman–Crippen LogP) is 2.18. The van der Waals surface area contributed by atoms with Gasteiger partial charge in [-0.15, -0.1) is 0 Å². The zero-order chi connectivity index (χ0) is 14.9. The first-order valence-corrected chi connectivity index (χ1v) is 5.23. The summed E-state index contributed by atoms with van der Waals surface area (Å²) in [6.07, 6.45) is 2.23. The van der Waals surface area contributed by atoms with Crippen molar-refractivity contribution < 1.29 is 22.4 Å². The normalized spacial score (nSPS) is 10.4. The summed E-state index contributed by atoms with van der Waals surface area (Å²) in [7, 11) is 0. The van der Waals surface area contributed by atoms with Crippen molar-refractivity contribution in [2.75, 3.05) is 5.32 Å². The van der Waals surface area contributed by atoms with Crippen molar-refractivity contribution in [1.29, 1.82) is 0 Å². The Bertz CT molecular complexity index is 716. The molecule has 0 bridgehead atoms. The Labute approximate surface area is 109 Å². The van der Waals surface area contributed by atoms with Crippen LogP contribution in [0.3, 0.4) is 0 Å². The van der Waals surface area contributed by atoms with Gasteiger partial charge in [-0.25, -0.2) is 17.6 Å². The highest BCUT2D eigenvalue weighted by atomic mass is 19.2. The minimum atomic E-state index is -1.76. The van der Waals surface area contributed by atoms with Gasteiger partial charge in [0.15, 0.2) is 28.7 Å². The molecule has 4 nitrogen and oxygen atoms in total. The molecule has 1 amide bonds. The average Bonchev–Trinajstić information content (AvgIpc) is 2.41.